The second kappa shape index (κ2) is 4.93. The number of hydrogen-bond donors (Lipinski definition) is 0. The molecule has 5 nitrogen and oxygen atoms in total. The summed E-state index contributed by atoms with van der Waals surface area (Å²) in [6.45, 7) is 2.21. The van der Waals surface area contributed by atoms with E-state index in [9.17, 15) is 13.2 Å². The molecule has 1 aromatic rings. The van der Waals surface area contributed by atoms with Gasteiger partial charge in [0.1, 0.15) is 10.6 Å². The molecule has 1 fully saturated rings. The molecule has 0 aromatic carbocycles. The summed E-state index contributed by atoms with van der Waals surface area (Å²) in [6.07, 6.45) is 3.99. The van der Waals surface area contributed by atoms with Gasteiger partial charge < -0.3 is 9.30 Å². The number of nitrogens with zero attached hydrogens (tertiary/aromatic N) is 1. The van der Waals surface area contributed by atoms with Crippen LogP contribution in [0.1, 0.15) is 42.7 Å². The maximum absolute atomic E-state index is 11.8. The summed E-state index contributed by atoms with van der Waals surface area (Å²) in [7, 11) is 1.46. The van der Waals surface area contributed by atoms with Crippen LogP contribution in [0.25, 0.3) is 0 Å². The largest absolute Gasteiger partial charge is 0.461 e. The summed E-state index contributed by atoms with van der Waals surface area (Å²) in [5.74, 6) is -0.504. The van der Waals surface area contributed by atoms with E-state index in [0.717, 1.165) is 19.3 Å². The Labute approximate surface area is 110 Å². The van der Waals surface area contributed by atoms with E-state index in [1.165, 1.54) is 12.3 Å². The van der Waals surface area contributed by atoms with E-state index in [1.807, 2.05) is 6.92 Å². The van der Waals surface area contributed by atoms with Crippen molar-refractivity contribution in [1.29, 1.82) is 0 Å². The number of rotatable bonds is 5. The Balaban J connectivity index is 2.33. The minimum absolute atomic E-state index is 0.0560. The third-order valence-electron chi connectivity index (χ3n) is 2.69. The molecule has 7 heteroatoms. The minimum Gasteiger partial charge on any atom is -0.461 e. The molecule has 1 saturated carbocycles. The average molecular weight is 292 g/mol. The van der Waals surface area contributed by atoms with Crippen molar-refractivity contribution in [2.24, 2.45) is 0 Å². The van der Waals surface area contributed by atoms with Crippen LogP contribution in [0.5, 0.6) is 0 Å². The predicted molar refractivity (Wildman–Crippen MR) is 66.3 cm³/mol. The lowest BCUT2D eigenvalue weighted by Crippen LogP contribution is -2.11. The molecule has 0 aliphatic heterocycles. The Bertz CT molecular complexity index is 560. The number of aromatic nitrogens is 1. The van der Waals surface area contributed by atoms with Crippen LogP contribution in [0.2, 0.25) is 0 Å². The zero-order valence-corrected chi connectivity index (χ0v) is 11.5. The second-order valence-corrected chi connectivity index (χ2v) is 6.84. The first-order chi connectivity index (χ1) is 8.43. The van der Waals surface area contributed by atoms with E-state index in [1.54, 1.807) is 4.57 Å². The number of carbonyl (C=O) groups is 1. The van der Waals surface area contributed by atoms with Gasteiger partial charge in [0.25, 0.3) is 9.05 Å². The first kappa shape index (κ1) is 13.4. The quantitative estimate of drug-likeness (QED) is 0.617. The van der Waals surface area contributed by atoms with E-state index in [0.29, 0.717) is 6.61 Å². The Morgan fingerprint density at radius 1 is 1.56 bits per heavy atom. The van der Waals surface area contributed by atoms with Gasteiger partial charge in [-0.3, -0.25) is 0 Å². The van der Waals surface area contributed by atoms with Crippen LogP contribution in [-0.2, 0) is 13.8 Å². The smallest absolute Gasteiger partial charge is 0.354 e. The fourth-order valence-electron chi connectivity index (χ4n) is 1.67. The molecule has 1 aliphatic carbocycles. The SMILES string of the molecule is CCCOC(=O)c1cc(S(=O)(=O)Cl)cn1C1CC1. The number of carbonyl (C=O) groups excluding carboxylic acids is 1. The molecule has 0 spiro atoms. The van der Waals surface area contributed by atoms with Crippen LogP contribution in [0.4, 0.5) is 0 Å². The third-order valence-corrected chi connectivity index (χ3v) is 4.01. The summed E-state index contributed by atoms with van der Waals surface area (Å²) in [4.78, 5) is 11.8. The molecule has 0 atom stereocenters. The fraction of sp³-hybridized carbons (Fsp3) is 0.545. The molecule has 0 N–H and O–H groups in total. The molecule has 2 rings (SSSR count). The molecule has 1 aromatic heterocycles. The van der Waals surface area contributed by atoms with E-state index in [-0.39, 0.29) is 16.6 Å². The lowest BCUT2D eigenvalue weighted by Gasteiger charge is -2.06. The lowest BCUT2D eigenvalue weighted by molar-refractivity contribution is 0.0492. The maximum Gasteiger partial charge on any atom is 0.354 e. The molecular formula is C11H14ClNO4S. The van der Waals surface area contributed by atoms with Crippen LogP contribution < -0.4 is 0 Å². The van der Waals surface area contributed by atoms with Crippen molar-refractivity contribution in [3.63, 3.8) is 0 Å². The van der Waals surface area contributed by atoms with Gasteiger partial charge in [0.2, 0.25) is 0 Å². The van der Waals surface area contributed by atoms with Crippen molar-refractivity contribution in [2.75, 3.05) is 6.61 Å². The molecule has 0 bridgehead atoms. The highest BCUT2D eigenvalue weighted by molar-refractivity contribution is 8.13. The summed E-state index contributed by atoms with van der Waals surface area (Å²) in [5, 5.41) is 0. The van der Waals surface area contributed by atoms with Crippen LogP contribution in [0.15, 0.2) is 17.2 Å². The van der Waals surface area contributed by atoms with Crippen molar-refractivity contribution in [2.45, 2.75) is 37.1 Å². The van der Waals surface area contributed by atoms with Crippen LogP contribution in [0, 0.1) is 0 Å². The fourth-order valence-corrected chi connectivity index (χ4v) is 2.42. The van der Waals surface area contributed by atoms with Gasteiger partial charge in [-0.1, -0.05) is 6.92 Å². The summed E-state index contributed by atoms with van der Waals surface area (Å²) >= 11 is 0. The zero-order chi connectivity index (χ0) is 13.3. The van der Waals surface area contributed by atoms with Gasteiger partial charge in [-0.25, -0.2) is 13.2 Å². The molecule has 18 heavy (non-hydrogen) atoms. The van der Waals surface area contributed by atoms with Crippen LogP contribution in [0.3, 0.4) is 0 Å². The molecule has 1 aliphatic rings. The maximum atomic E-state index is 11.8. The van der Waals surface area contributed by atoms with E-state index in [4.69, 9.17) is 15.4 Å². The first-order valence-electron chi connectivity index (χ1n) is 5.77. The molecule has 1 heterocycles. The topological polar surface area (TPSA) is 65.4 Å². The summed E-state index contributed by atoms with van der Waals surface area (Å²) < 4.78 is 29.2. The predicted octanol–water partition coefficient (Wildman–Crippen LogP) is 2.32. The molecule has 100 valence electrons. The molecule has 0 unspecified atom stereocenters. The molecule has 0 radical (unpaired) electrons. The molecule has 0 saturated heterocycles. The van der Waals surface area contributed by atoms with Gasteiger partial charge in [0.05, 0.1) is 6.61 Å². The monoisotopic (exact) mass is 291 g/mol. The Hall–Kier alpha value is -1.01. The van der Waals surface area contributed by atoms with Gasteiger partial charge in [0, 0.05) is 22.9 Å². The van der Waals surface area contributed by atoms with Gasteiger partial charge in [-0.05, 0) is 25.3 Å². The Morgan fingerprint density at radius 2 is 2.22 bits per heavy atom. The van der Waals surface area contributed by atoms with Gasteiger partial charge in [0.15, 0.2) is 0 Å². The number of esters is 1. The highest BCUT2D eigenvalue weighted by Gasteiger charge is 2.30. The first-order valence-corrected chi connectivity index (χ1v) is 8.08. The van der Waals surface area contributed by atoms with Crippen molar-refractivity contribution >= 4 is 25.7 Å². The van der Waals surface area contributed by atoms with Crippen molar-refractivity contribution in [1.82, 2.24) is 4.57 Å². The normalized spacial score (nSPS) is 15.7. The summed E-state index contributed by atoms with van der Waals surface area (Å²) in [5.41, 5.74) is 0.255. The Kier molecular flexibility index (Phi) is 3.68. The van der Waals surface area contributed by atoms with Crippen molar-refractivity contribution in [3.8, 4) is 0 Å². The van der Waals surface area contributed by atoms with Gasteiger partial charge in [-0.2, -0.15) is 0 Å². The summed E-state index contributed by atoms with van der Waals surface area (Å²) in [6, 6.07) is 1.46. The lowest BCUT2D eigenvalue weighted by atomic mass is 10.4. The Morgan fingerprint density at radius 3 is 2.72 bits per heavy atom. The van der Waals surface area contributed by atoms with Crippen molar-refractivity contribution in [3.05, 3.63) is 18.0 Å². The van der Waals surface area contributed by atoms with Gasteiger partial charge >= 0.3 is 5.97 Å². The average Bonchev–Trinajstić information content (AvgIpc) is 3.03. The number of ether oxygens (including phenoxy) is 1. The highest BCUT2D eigenvalue weighted by atomic mass is 35.7. The van der Waals surface area contributed by atoms with E-state index in [2.05, 4.69) is 0 Å². The highest BCUT2D eigenvalue weighted by Crippen LogP contribution is 2.37. The van der Waals surface area contributed by atoms with Gasteiger partial charge in [-0.15, -0.1) is 0 Å². The third kappa shape index (κ3) is 2.87. The standard InChI is InChI=1S/C11H14ClNO4S/c1-2-5-17-11(14)10-6-9(18(12,15)16)7-13(10)8-3-4-8/h6-8H,2-5H2,1H3. The number of halogens is 1. The second-order valence-electron chi connectivity index (χ2n) is 4.27. The van der Waals surface area contributed by atoms with E-state index >= 15 is 0 Å². The molecular weight excluding hydrogens is 278 g/mol. The molecule has 0 amide bonds. The van der Waals surface area contributed by atoms with Crippen LogP contribution >= 0.6 is 10.7 Å². The van der Waals surface area contributed by atoms with Crippen LogP contribution in [-0.4, -0.2) is 25.6 Å². The van der Waals surface area contributed by atoms with Crippen molar-refractivity contribution < 1.29 is 17.9 Å². The zero-order valence-electron chi connectivity index (χ0n) is 9.93. The number of hydrogen-bond acceptors (Lipinski definition) is 4. The minimum atomic E-state index is -3.82. The van der Waals surface area contributed by atoms with E-state index < -0.39 is 15.0 Å².